The predicted molar refractivity (Wildman–Crippen MR) is 75.7 cm³/mol. The van der Waals surface area contributed by atoms with Crippen molar-refractivity contribution in [1.82, 2.24) is 0 Å². The summed E-state index contributed by atoms with van der Waals surface area (Å²) in [7, 11) is 0. The first kappa shape index (κ1) is 14.2. The van der Waals surface area contributed by atoms with Gasteiger partial charge in [0.25, 0.3) is 0 Å². The lowest BCUT2D eigenvalue weighted by Crippen LogP contribution is -2.32. The molecule has 1 fully saturated rings. The van der Waals surface area contributed by atoms with Gasteiger partial charge in [-0.25, -0.2) is 0 Å². The minimum atomic E-state index is -0.366. The van der Waals surface area contributed by atoms with Crippen molar-refractivity contribution in [3.63, 3.8) is 0 Å². The summed E-state index contributed by atoms with van der Waals surface area (Å²) < 4.78 is 11.6. The van der Waals surface area contributed by atoms with Gasteiger partial charge in [-0.1, -0.05) is 31.4 Å². The van der Waals surface area contributed by atoms with E-state index in [1.54, 1.807) is 0 Å². The number of hydrogen-bond donors (Lipinski definition) is 1. The van der Waals surface area contributed by atoms with E-state index in [9.17, 15) is 5.11 Å². The van der Waals surface area contributed by atoms with Gasteiger partial charge >= 0.3 is 0 Å². The van der Waals surface area contributed by atoms with E-state index in [-0.39, 0.29) is 12.2 Å². The summed E-state index contributed by atoms with van der Waals surface area (Å²) in [6.07, 6.45) is 5.95. The normalized spacial score (nSPS) is 24.3. The SMILES string of the molecule is CCOc1ccccc1OC1CCCCCCC1O. The lowest BCUT2D eigenvalue weighted by molar-refractivity contribution is 0.0172. The van der Waals surface area contributed by atoms with Crippen LogP contribution in [-0.2, 0) is 0 Å². The number of ether oxygens (including phenoxy) is 2. The highest BCUT2D eigenvalue weighted by molar-refractivity contribution is 5.39. The molecular weight excluding hydrogens is 240 g/mol. The Bertz CT molecular complexity index is 378. The maximum Gasteiger partial charge on any atom is 0.161 e. The van der Waals surface area contributed by atoms with Gasteiger partial charge in [-0.15, -0.1) is 0 Å². The fraction of sp³-hybridized carbons (Fsp3) is 0.625. The maximum atomic E-state index is 10.2. The molecule has 0 radical (unpaired) electrons. The molecule has 1 aliphatic carbocycles. The average molecular weight is 264 g/mol. The van der Waals surface area contributed by atoms with Crippen LogP contribution in [0.1, 0.15) is 45.4 Å². The Morgan fingerprint density at radius 3 is 2.47 bits per heavy atom. The topological polar surface area (TPSA) is 38.7 Å². The summed E-state index contributed by atoms with van der Waals surface area (Å²) in [6, 6.07) is 7.70. The largest absolute Gasteiger partial charge is 0.490 e. The standard InChI is InChI=1S/C16H24O3/c1-2-18-15-11-7-8-12-16(15)19-14-10-6-4-3-5-9-13(14)17/h7-8,11-14,17H,2-6,9-10H2,1H3. The monoisotopic (exact) mass is 264 g/mol. The second-order valence-electron chi connectivity index (χ2n) is 5.09. The number of benzene rings is 1. The Balaban J connectivity index is 2.05. The van der Waals surface area contributed by atoms with Gasteiger partial charge in [-0.2, -0.15) is 0 Å². The number of aliphatic hydroxyl groups is 1. The van der Waals surface area contributed by atoms with E-state index in [0.717, 1.165) is 37.2 Å². The highest BCUT2D eigenvalue weighted by Gasteiger charge is 2.23. The first-order valence-electron chi connectivity index (χ1n) is 7.38. The maximum absolute atomic E-state index is 10.2. The Labute approximate surface area is 115 Å². The third-order valence-electron chi connectivity index (χ3n) is 3.60. The van der Waals surface area contributed by atoms with Gasteiger partial charge in [0, 0.05) is 0 Å². The fourth-order valence-electron chi connectivity index (χ4n) is 2.55. The second-order valence-corrected chi connectivity index (χ2v) is 5.09. The summed E-state index contributed by atoms with van der Waals surface area (Å²) in [5.74, 6) is 1.51. The molecule has 1 saturated carbocycles. The summed E-state index contributed by atoms with van der Waals surface area (Å²) in [4.78, 5) is 0. The van der Waals surface area contributed by atoms with Crippen LogP contribution in [0.4, 0.5) is 0 Å². The van der Waals surface area contributed by atoms with Crippen LogP contribution in [0, 0.1) is 0 Å². The molecule has 0 aliphatic heterocycles. The van der Waals surface area contributed by atoms with Crippen molar-refractivity contribution in [3.8, 4) is 11.5 Å². The van der Waals surface area contributed by atoms with Crippen molar-refractivity contribution in [2.24, 2.45) is 0 Å². The quantitative estimate of drug-likeness (QED) is 0.904. The molecule has 1 aromatic rings. The molecule has 0 bridgehead atoms. The zero-order valence-corrected chi connectivity index (χ0v) is 11.7. The lowest BCUT2D eigenvalue weighted by Gasteiger charge is -2.27. The first-order chi connectivity index (χ1) is 9.31. The third kappa shape index (κ3) is 4.13. The highest BCUT2D eigenvalue weighted by atomic mass is 16.5. The molecule has 3 nitrogen and oxygen atoms in total. The molecule has 0 spiro atoms. The van der Waals surface area contributed by atoms with Crippen LogP contribution in [0.15, 0.2) is 24.3 Å². The Hall–Kier alpha value is -1.22. The molecule has 106 valence electrons. The average Bonchev–Trinajstić information content (AvgIpc) is 2.41. The van der Waals surface area contributed by atoms with Gasteiger partial charge in [0.15, 0.2) is 11.5 Å². The van der Waals surface area contributed by atoms with Crippen LogP contribution in [0.2, 0.25) is 0 Å². The molecular formula is C16H24O3. The van der Waals surface area contributed by atoms with Crippen LogP contribution in [0.5, 0.6) is 11.5 Å². The van der Waals surface area contributed by atoms with Crippen molar-refractivity contribution in [3.05, 3.63) is 24.3 Å². The zero-order chi connectivity index (χ0) is 13.5. The van der Waals surface area contributed by atoms with E-state index in [4.69, 9.17) is 9.47 Å². The minimum Gasteiger partial charge on any atom is -0.490 e. The lowest BCUT2D eigenvalue weighted by atomic mass is 9.96. The smallest absolute Gasteiger partial charge is 0.161 e. The van der Waals surface area contributed by atoms with Crippen molar-refractivity contribution < 1.29 is 14.6 Å². The molecule has 1 N–H and O–H groups in total. The van der Waals surface area contributed by atoms with E-state index in [0.29, 0.717) is 6.61 Å². The zero-order valence-electron chi connectivity index (χ0n) is 11.7. The van der Waals surface area contributed by atoms with E-state index in [2.05, 4.69) is 0 Å². The van der Waals surface area contributed by atoms with E-state index >= 15 is 0 Å². The number of para-hydroxylation sites is 2. The molecule has 2 atom stereocenters. The Morgan fingerprint density at radius 1 is 1.05 bits per heavy atom. The van der Waals surface area contributed by atoms with Crippen LogP contribution in [0.3, 0.4) is 0 Å². The molecule has 0 aromatic heterocycles. The van der Waals surface area contributed by atoms with Gasteiger partial charge in [-0.3, -0.25) is 0 Å². The molecule has 19 heavy (non-hydrogen) atoms. The molecule has 0 heterocycles. The highest BCUT2D eigenvalue weighted by Crippen LogP contribution is 2.30. The van der Waals surface area contributed by atoms with Crippen LogP contribution in [-0.4, -0.2) is 23.9 Å². The van der Waals surface area contributed by atoms with Crippen LogP contribution >= 0.6 is 0 Å². The van der Waals surface area contributed by atoms with E-state index in [1.807, 2.05) is 31.2 Å². The van der Waals surface area contributed by atoms with Gasteiger partial charge in [0.2, 0.25) is 0 Å². The summed E-state index contributed by atoms with van der Waals surface area (Å²) in [5, 5.41) is 10.2. The number of hydrogen-bond acceptors (Lipinski definition) is 3. The van der Waals surface area contributed by atoms with Crippen molar-refractivity contribution in [1.29, 1.82) is 0 Å². The van der Waals surface area contributed by atoms with Gasteiger partial charge in [0.1, 0.15) is 6.10 Å². The van der Waals surface area contributed by atoms with Crippen LogP contribution in [0.25, 0.3) is 0 Å². The fourth-order valence-corrected chi connectivity index (χ4v) is 2.55. The van der Waals surface area contributed by atoms with Crippen molar-refractivity contribution in [2.45, 2.75) is 57.7 Å². The third-order valence-corrected chi connectivity index (χ3v) is 3.60. The molecule has 1 aliphatic rings. The van der Waals surface area contributed by atoms with Crippen molar-refractivity contribution >= 4 is 0 Å². The van der Waals surface area contributed by atoms with Crippen LogP contribution < -0.4 is 9.47 Å². The van der Waals surface area contributed by atoms with E-state index < -0.39 is 0 Å². The van der Waals surface area contributed by atoms with Gasteiger partial charge < -0.3 is 14.6 Å². The number of rotatable bonds is 4. The second kappa shape index (κ2) is 7.39. The first-order valence-corrected chi connectivity index (χ1v) is 7.38. The Kier molecular flexibility index (Phi) is 5.52. The van der Waals surface area contributed by atoms with Gasteiger partial charge in [0.05, 0.1) is 12.7 Å². The molecule has 2 unspecified atom stereocenters. The van der Waals surface area contributed by atoms with Gasteiger partial charge in [-0.05, 0) is 38.3 Å². The number of aliphatic hydroxyl groups excluding tert-OH is 1. The molecule has 0 saturated heterocycles. The summed E-state index contributed by atoms with van der Waals surface area (Å²) in [5.41, 5.74) is 0. The molecule has 1 aromatic carbocycles. The molecule has 2 rings (SSSR count). The molecule has 3 heteroatoms. The Morgan fingerprint density at radius 2 is 1.74 bits per heavy atom. The van der Waals surface area contributed by atoms with E-state index in [1.165, 1.54) is 12.8 Å². The molecule has 0 amide bonds. The summed E-state index contributed by atoms with van der Waals surface area (Å²) >= 11 is 0. The predicted octanol–water partition coefficient (Wildman–Crippen LogP) is 3.55. The summed E-state index contributed by atoms with van der Waals surface area (Å²) in [6.45, 7) is 2.58. The minimum absolute atomic E-state index is 0.109. The van der Waals surface area contributed by atoms with Crippen molar-refractivity contribution in [2.75, 3.05) is 6.61 Å².